The average Bonchev–Trinajstić information content (AvgIpc) is 2.95. The second kappa shape index (κ2) is 13.2. The minimum atomic E-state index is -0.912. The lowest BCUT2D eigenvalue weighted by atomic mass is 10.1. The van der Waals surface area contributed by atoms with E-state index in [1.165, 1.54) is 31.4 Å². The van der Waals surface area contributed by atoms with Crippen molar-refractivity contribution < 1.29 is 33.4 Å². The molecule has 0 unspecified atom stereocenters. The molecule has 212 valence electrons. The number of halogens is 2. The number of barbiturate groups is 1. The Balaban J connectivity index is 1.55. The molecule has 0 atom stereocenters. The molecule has 2 N–H and O–H groups in total. The van der Waals surface area contributed by atoms with Gasteiger partial charge in [-0.2, -0.15) is 0 Å². The van der Waals surface area contributed by atoms with Gasteiger partial charge in [-0.1, -0.05) is 48.3 Å². The highest BCUT2D eigenvalue weighted by molar-refractivity contribution is 6.42. The van der Waals surface area contributed by atoms with E-state index in [0.717, 1.165) is 11.3 Å². The molecule has 12 heteroatoms. The first-order valence-corrected chi connectivity index (χ1v) is 13.2. The van der Waals surface area contributed by atoms with Gasteiger partial charge in [0, 0.05) is 17.3 Å². The molecule has 0 saturated carbocycles. The lowest BCUT2D eigenvalue weighted by molar-refractivity contribution is -0.122. The monoisotopic (exact) mass is 597 g/mol. The van der Waals surface area contributed by atoms with Gasteiger partial charge in [0.25, 0.3) is 17.7 Å². The van der Waals surface area contributed by atoms with E-state index >= 15 is 0 Å². The zero-order valence-corrected chi connectivity index (χ0v) is 23.5. The normalized spacial score (nSPS) is 14.1. The lowest BCUT2D eigenvalue weighted by Crippen LogP contribution is -2.54. The van der Waals surface area contributed by atoms with Crippen molar-refractivity contribution in [3.8, 4) is 17.2 Å². The average molecular weight is 598 g/mol. The maximum Gasteiger partial charge on any atom is 0.335 e. The van der Waals surface area contributed by atoms with Gasteiger partial charge in [0.05, 0.1) is 29.4 Å². The molecule has 0 aliphatic carbocycles. The van der Waals surface area contributed by atoms with Crippen molar-refractivity contribution in [1.82, 2.24) is 5.32 Å². The fraction of sp³-hybridized carbons (Fsp3) is 0.172. The maximum atomic E-state index is 13.4. The van der Waals surface area contributed by atoms with E-state index in [9.17, 15) is 19.2 Å². The van der Waals surface area contributed by atoms with E-state index in [-0.39, 0.29) is 28.6 Å². The number of carbonyl (C=O) groups is 4. The summed E-state index contributed by atoms with van der Waals surface area (Å²) in [5, 5.41) is 5.46. The van der Waals surface area contributed by atoms with Crippen molar-refractivity contribution >= 4 is 64.4 Å². The van der Waals surface area contributed by atoms with Crippen LogP contribution in [0.4, 0.5) is 16.2 Å². The number of ether oxygens (including phenoxy) is 3. The van der Waals surface area contributed by atoms with Crippen LogP contribution >= 0.6 is 23.2 Å². The molecule has 41 heavy (non-hydrogen) atoms. The molecule has 1 aliphatic heterocycles. The third kappa shape index (κ3) is 6.97. The molecule has 0 spiro atoms. The number of hydrogen-bond donors (Lipinski definition) is 2. The zero-order valence-electron chi connectivity index (χ0n) is 22.0. The second-order valence-electron chi connectivity index (χ2n) is 8.65. The molecule has 3 aromatic carbocycles. The number of hydrogen-bond acceptors (Lipinski definition) is 7. The number of amides is 5. The second-order valence-corrected chi connectivity index (χ2v) is 9.46. The van der Waals surface area contributed by atoms with Crippen LogP contribution in [0.2, 0.25) is 10.0 Å². The fourth-order valence-corrected chi connectivity index (χ4v) is 4.12. The number of methoxy groups -OCH3 is 1. The summed E-state index contributed by atoms with van der Waals surface area (Å²) in [6, 6.07) is 14.8. The molecule has 1 saturated heterocycles. The van der Waals surface area contributed by atoms with Gasteiger partial charge in [-0.15, -0.1) is 0 Å². The molecule has 1 heterocycles. The molecule has 1 fully saturated rings. The lowest BCUT2D eigenvalue weighted by Gasteiger charge is -2.27. The Kier molecular flexibility index (Phi) is 9.49. The van der Waals surface area contributed by atoms with E-state index in [4.69, 9.17) is 37.4 Å². The van der Waals surface area contributed by atoms with Crippen LogP contribution in [0.15, 0.2) is 66.2 Å². The number of imide groups is 2. The van der Waals surface area contributed by atoms with Crippen molar-refractivity contribution in [3.05, 3.63) is 81.8 Å². The van der Waals surface area contributed by atoms with E-state index in [2.05, 4.69) is 10.6 Å². The van der Waals surface area contributed by atoms with Gasteiger partial charge in [-0.3, -0.25) is 19.7 Å². The summed E-state index contributed by atoms with van der Waals surface area (Å²) >= 11 is 11.9. The highest BCUT2D eigenvalue weighted by Crippen LogP contribution is 2.34. The number of urea groups is 1. The summed E-state index contributed by atoms with van der Waals surface area (Å²) in [4.78, 5) is 52.1. The van der Waals surface area contributed by atoms with E-state index in [0.29, 0.717) is 34.4 Å². The number of carbonyl (C=O) groups excluding carboxylic acids is 4. The highest BCUT2D eigenvalue weighted by atomic mass is 35.5. The first-order valence-electron chi connectivity index (χ1n) is 12.4. The fourth-order valence-electron chi connectivity index (χ4n) is 3.82. The third-order valence-electron chi connectivity index (χ3n) is 5.75. The first kappa shape index (κ1) is 29.4. The third-order valence-corrected chi connectivity index (χ3v) is 6.49. The van der Waals surface area contributed by atoms with Crippen molar-refractivity contribution in [2.24, 2.45) is 0 Å². The van der Waals surface area contributed by atoms with Crippen LogP contribution < -0.4 is 29.7 Å². The minimum absolute atomic E-state index is 0.176. The summed E-state index contributed by atoms with van der Waals surface area (Å²) < 4.78 is 16.7. The number of rotatable bonds is 10. The number of benzene rings is 3. The van der Waals surface area contributed by atoms with Gasteiger partial charge in [-0.05, 0) is 48.9 Å². The SMILES string of the molecule is CCCOc1ccc(N2C(=O)NC(=O)/C(=C/c3ccccc3OCC(=O)Nc3ccc(Cl)c(Cl)c3)C2=O)cc1OC. The molecule has 5 amide bonds. The van der Waals surface area contributed by atoms with Crippen molar-refractivity contribution in [2.75, 3.05) is 30.5 Å². The van der Waals surface area contributed by atoms with Crippen molar-refractivity contribution in [2.45, 2.75) is 13.3 Å². The number of nitrogens with one attached hydrogen (secondary N) is 2. The molecule has 0 aromatic heterocycles. The molecule has 10 nitrogen and oxygen atoms in total. The van der Waals surface area contributed by atoms with Gasteiger partial charge in [0.1, 0.15) is 11.3 Å². The number of nitrogens with zero attached hydrogens (tertiary/aromatic N) is 1. The van der Waals surface area contributed by atoms with Gasteiger partial charge in [0.2, 0.25) is 0 Å². The Morgan fingerprint density at radius 1 is 0.951 bits per heavy atom. The number of para-hydroxylation sites is 1. The summed E-state index contributed by atoms with van der Waals surface area (Å²) in [6.07, 6.45) is 2.07. The minimum Gasteiger partial charge on any atom is -0.493 e. The van der Waals surface area contributed by atoms with Gasteiger partial charge >= 0.3 is 6.03 Å². The van der Waals surface area contributed by atoms with Crippen LogP contribution in [0.3, 0.4) is 0 Å². The van der Waals surface area contributed by atoms with Crippen molar-refractivity contribution in [1.29, 1.82) is 0 Å². The summed E-state index contributed by atoms with van der Waals surface area (Å²) in [5.74, 6) is -1.21. The van der Waals surface area contributed by atoms with Crippen molar-refractivity contribution in [3.63, 3.8) is 0 Å². The Morgan fingerprint density at radius 2 is 1.73 bits per heavy atom. The Hall–Kier alpha value is -4.54. The van der Waals surface area contributed by atoms with E-state index in [1.807, 2.05) is 6.92 Å². The molecule has 3 aromatic rings. The largest absolute Gasteiger partial charge is 0.493 e. The molecule has 0 radical (unpaired) electrons. The molecule has 1 aliphatic rings. The van der Waals surface area contributed by atoms with Crippen LogP contribution in [0, 0.1) is 0 Å². The van der Waals surface area contributed by atoms with Crippen LogP contribution in [0.1, 0.15) is 18.9 Å². The quantitative estimate of drug-likeness (QED) is 0.234. The van der Waals surface area contributed by atoms with Gasteiger partial charge in [0.15, 0.2) is 18.1 Å². The Bertz CT molecular complexity index is 1540. The highest BCUT2D eigenvalue weighted by Gasteiger charge is 2.37. The predicted octanol–water partition coefficient (Wildman–Crippen LogP) is 5.47. The summed E-state index contributed by atoms with van der Waals surface area (Å²) in [7, 11) is 1.44. The molecule has 4 rings (SSSR count). The Morgan fingerprint density at radius 3 is 2.46 bits per heavy atom. The smallest absolute Gasteiger partial charge is 0.335 e. The van der Waals surface area contributed by atoms with Crippen LogP contribution in [0.5, 0.6) is 17.2 Å². The topological polar surface area (TPSA) is 123 Å². The van der Waals surface area contributed by atoms with Crippen LogP contribution in [-0.4, -0.2) is 44.1 Å². The Labute approximate surface area is 245 Å². The van der Waals surface area contributed by atoms with Gasteiger partial charge in [-0.25, -0.2) is 9.69 Å². The summed E-state index contributed by atoms with van der Waals surface area (Å²) in [5.41, 5.74) is 0.629. The van der Waals surface area contributed by atoms with Crippen LogP contribution in [-0.2, 0) is 14.4 Å². The standard InChI is InChI=1S/C29H25Cl2N3O7/c1-3-12-40-24-11-9-19(15-25(24)39-2)34-28(37)20(27(36)33-29(34)38)13-17-6-4-5-7-23(17)41-16-26(35)32-18-8-10-21(30)22(31)14-18/h4-11,13-15H,3,12,16H2,1-2H3,(H,32,35)(H,33,36,38)/b20-13-. The van der Waals surface area contributed by atoms with Gasteiger partial charge < -0.3 is 19.5 Å². The molecule has 0 bridgehead atoms. The summed E-state index contributed by atoms with van der Waals surface area (Å²) in [6.45, 7) is 2.04. The maximum absolute atomic E-state index is 13.4. The first-order chi connectivity index (χ1) is 19.7. The predicted molar refractivity (Wildman–Crippen MR) is 155 cm³/mol. The zero-order chi connectivity index (χ0) is 29.5. The van der Waals surface area contributed by atoms with E-state index < -0.39 is 23.8 Å². The van der Waals surface area contributed by atoms with E-state index in [1.54, 1.807) is 42.5 Å². The molecular weight excluding hydrogens is 573 g/mol. The molecular formula is C29H25Cl2N3O7. The number of anilines is 2. The van der Waals surface area contributed by atoms with Crippen LogP contribution in [0.25, 0.3) is 6.08 Å².